The molecule has 0 saturated heterocycles. The van der Waals surface area contributed by atoms with E-state index in [1.54, 1.807) is 12.1 Å². The van der Waals surface area contributed by atoms with Gasteiger partial charge < -0.3 is 10.6 Å². The van der Waals surface area contributed by atoms with Gasteiger partial charge in [0.1, 0.15) is 5.82 Å². The Bertz CT molecular complexity index is 438. The summed E-state index contributed by atoms with van der Waals surface area (Å²) in [7, 11) is 0. The minimum Gasteiger partial charge on any atom is -0.352 e. The van der Waals surface area contributed by atoms with Crippen LogP contribution in [-0.2, 0) is 11.2 Å². The van der Waals surface area contributed by atoms with Gasteiger partial charge in [0.2, 0.25) is 5.91 Å². The number of hydrogen-bond donors (Lipinski definition) is 2. The van der Waals surface area contributed by atoms with Crippen molar-refractivity contribution < 1.29 is 9.18 Å². The summed E-state index contributed by atoms with van der Waals surface area (Å²) in [5.41, 5.74) is 0.640. The largest absolute Gasteiger partial charge is 0.352 e. The molecule has 1 aromatic rings. The van der Waals surface area contributed by atoms with Crippen molar-refractivity contribution in [3.63, 3.8) is 0 Å². The van der Waals surface area contributed by atoms with Gasteiger partial charge in [0.05, 0.1) is 6.54 Å². The number of benzene rings is 1. The predicted molar refractivity (Wildman–Crippen MR) is 80.6 cm³/mol. The molecule has 1 saturated carbocycles. The first-order valence-corrected chi connectivity index (χ1v) is 6.88. The highest BCUT2D eigenvalue weighted by Crippen LogP contribution is 2.27. The number of nitrogens with one attached hydrogen (secondary N) is 2. The zero-order valence-corrected chi connectivity index (χ0v) is 12.5. The first-order chi connectivity index (χ1) is 9.15. The molecule has 0 aromatic heterocycles. The average molecular weight is 301 g/mol. The molecule has 1 unspecified atom stereocenters. The third kappa shape index (κ3) is 5.88. The number of hydrogen-bond acceptors (Lipinski definition) is 2. The lowest BCUT2D eigenvalue weighted by molar-refractivity contribution is -0.120. The van der Waals surface area contributed by atoms with Crippen LogP contribution in [-0.4, -0.2) is 25.0 Å². The van der Waals surface area contributed by atoms with Gasteiger partial charge in [-0.3, -0.25) is 4.79 Å². The molecular formula is C15H22ClFN2O. The third-order valence-corrected chi connectivity index (χ3v) is 3.31. The summed E-state index contributed by atoms with van der Waals surface area (Å²) in [4.78, 5) is 11.7. The molecular weight excluding hydrogens is 279 g/mol. The van der Waals surface area contributed by atoms with Gasteiger partial charge in [-0.25, -0.2) is 4.39 Å². The smallest absolute Gasteiger partial charge is 0.234 e. The minimum absolute atomic E-state index is 0. The van der Waals surface area contributed by atoms with Gasteiger partial charge in [-0.2, -0.15) is 0 Å². The van der Waals surface area contributed by atoms with Crippen LogP contribution in [0.5, 0.6) is 0 Å². The summed E-state index contributed by atoms with van der Waals surface area (Å²) in [6.07, 6.45) is 3.07. The maximum Gasteiger partial charge on any atom is 0.234 e. The lowest BCUT2D eigenvalue weighted by Crippen LogP contribution is -2.40. The number of rotatable bonds is 7. The topological polar surface area (TPSA) is 41.1 Å². The summed E-state index contributed by atoms with van der Waals surface area (Å²) in [5, 5.41) is 6.02. The Balaban J connectivity index is 0.00000200. The van der Waals surface area contributed by atoms with E-state index in [4.69, 9.17) is 0 Å². The lowest BCUT2D eigenvalue weighted by Gasteiger charge is -2.14. The first-order valence-electron chi connectivity index (χ1n) is 6.88. The molecule has 20 heavy (non-hydrogen) atoms. The van der Waals surface area contributed by atoms with Gasteiger partial charge in [-0.1, -0.05) is 18.2 Å². The fraction of sp³-hybridized carbons (Fsp3) is 0.533. The van der Waals surface area contributed by atoms with E-state index in [-0.39, 0.29) is 30.2 Å². The van der Waals surface area contributed by atoms with Crippen molar-refractivity contribution in [1.29, 1.82) is 0 Å². The zero-order valence-electron chi connectivity index (χ0n) is 11.7. The number of carbonyl (C=O) groups excluding carboxylic acids is 1. The Labute approximate surface area is 125 Å². The monoisotopic (exact) mass is 300 g/mol. The lowest BCUT2D eigenvalue weighted by atomic mass is 10.1. The molecule has 1 atom stereocenters. The van der Waals surface area contributed by atoms with Crippen molar-refractivity contribution in [2.45, 2.75) is 32.2 Å². The molecule has 0 bridgehead atoms. The van der Waals surface area contributed by atoms with Gasteiger partial charge in [-0.15, -0.1) is 12.4 Å². The van der Waals surface area contributed by atoms with E-state index in [0.29, 0.717) is 18.5 Å². The predicted octanol–water partition coefficient (Wildman–Crippen LogP) is 2.29. The van der Waals surface area contributed by atoms with Crippen LogP contribution in [0.2, 0.25) is 0 Å². The molecule has 0 radical (unpaired) electrons. The van der Waals surface area contributed by atoms with Crippen LogP contribution < -0.4 is 10.6 Å². The van der Waals surface area contributed by atoms with E-state index in [0.717, 1.165) is 12.5 Å². The number of carbonyl (C=O) groups is 1. The molecule has 1 aliphatic carbocycles. The maximum absolute atomic E-state index is 13.5. The van der Waals surface area contributed by atoms with Crippen LogP contribution in [0.4, 0.5) is 4.39 Å². The SMILES string of the molecule is CC(Cc1ccccc1F)NC(=O)CNCC1CC1.Cl. The normalized spacial score (nSPS) is 15.3. The molecule has 1 amide bonds. The van der Waals surface area contributed by atoms with E-state index in [9.17, 15) is 9.18 Å². The van der Waals surface area contributed by atoms with E-state index < -0.39 is 0 Å². The summed E-state index contributed by atoms with van der Waals surface area (Å²) < 4.78 is 13.5. The number of halogens is 2. The van der Waals surface area contributed by atoms with Crippen LogP contribution in [0.25, 0.3) is 0 Å². The molecule has 2 rings (SSSR count). The van der Waals surface area contributed by atoms with Crippen molar-refractivity contribution in [3.8, 4) is 0 Å². The second kappa shape index (κ2) is 8.22. The molecule has 0 aliphatic heterocycles. The summed E-state index contributed by atoms with van der Waals surface area (Å²) in [6.45, 7) is 3.17. The van der Waals surface area contributed by atoms with Crippen LogP contribution in [0.1, 0.15) is 25.3 Å². The van der Waals surface area contributed by atoms with Crippen LogP contribution in [0.3, 0.4) is 0 Å². The Morgan fingerprint density at radius 1 is 1.40 bits per heavy atom. The molecule has 3 nitrogen and oxygen atoms in total. The second-order valence-corrected chi connectivity index (χ2v) is 5.34. The third-order valence-electron chi connectivity index (χ3n) is 3.31. The maximum atomic E-state index is 13.5. The Morgan fingerprint density at radius 3 is 2.75 bits per heavy atom. The fourth-order valence-corrected chi connectivity index (χ4v) is 2.08. The molecule has 112 valence electrons. The standard InChI is InChI=1S/C15H21FN2O.ClH/c1-11(8-13-4-2-3-5-14(13)16)18-15(19)10-17-9-12-6-7-12;/h2-5,11-12,17H,6-10H2,1H3,(H,18,19);1H. The van der Waals surface area contributed by atoms with E-state index >= 15 is 0 Å². The Kier molecular flexibility index (Phi) is 6.96. The highest BCUT2D eigenvalue weighted by molar-refractivity contribution is 5.85. The molecule has 5 heteroatoms. The van der Waals surface area contributed by atoms with Crippen LogP contribution in [0.15, 0.2) is 24.3 Å². The molecule has 0 heterocycles. The summed E-state index contributed by atoms with van der Waals surface area (Å²) >= 11 is 0. The van der Waals surface area contributed by atoms with Crippen molar-refractivity contribution in [2.24, 2.45) is 5.92 Å². The Morgan fingerprint density at radius 2 is 2.10 bits per heavy atom. The number of amides is 1. The summed E-state index contributed by atoms with van der Waals surface area (Å²) in [6, 6.07) is 6.62. The van der Waals surface area contributed by atoms with Gasteiger partial charge in [-0.05, 0) is 50.3 Å². The van der Waals surface area contributed by atoms with E-state index in [1.165, 1.54) is 18.9 Å². The Hall–Kier alpha value is -1.13. The molecule has 1 aromatic carbocycles. The fourth-order valence-electron chi connectivity index (χ4n) is 2.08. The first kappa shape index (κ1) is 16.9. The highest BCUT2D eigenvalue weighted by atomic mass is 35.5. The van der Waals surface area contributed by atoms with Crippen molar-refractivity contribution in [3.05, 3.63) is 35.6 Å². The van der Waals surface area contributed by atoms with E-state index in [1.807, 2.05) is 13.0 Å². The molecule has 1 aliphatic rings. The van der Waals surface area contributed by atoms with Crippen LogP contribution in [0, 0.1) is 11.7 Å². The molecule has 0 spiro atoms. The van der Waals surface area contributed by atoms with Crippen molar-refractivity contribution in [1.82, 2.24) is 10.6 Å². The van der Waals surface area contributed by atoms with Gasteiger partial charge in [0.25, 0.3) is 0 Å². The van der Waals surface area contributed by atoms with E-state index in [2.05, 4.69) is 10.6 Å². The quantitative estimate of drug-likeness (QED) is 0.811. The molecule has 1 fully saturated rings. The van der Waals surface area contributed by atoms with Crippen molar-refractivity contribution >= 4 is 18.3 Å². The van der Waals surface area contributed by atoms with Gasteiger partial charge in [0.15, 0.2) is 0 Å². The second-order valence-electron chi connectivity index (χ2n) is 5.34. The van der Waals surface area contributed by atoms with Crippen molar-refractivity contribution in [2.75, 3.05) is 13.1 Å². The van der Waals surface area contributed by atoms with Crippen LogP contribution >= 0.6 is 12.4 Å². The average Bonchev–Trinajstić information content (AvgIpc) is 3.16. The van der Waals surface area contributed by atoms with Gasteiger partial charge >= 0.3 is 0 Å². The minimum atomic E-state index is -0.213. The zero-order chi connectivity index (χ0) is 13.7. The highest BCUT2D eigenvalue weighted by Gasteiger charge is 2.20. The summed E-state index contributed by atoms with van der Waals surface area (Å²) in [5.74, 6) is 0.531. The van der Waals surface area contributed by atoms with Gasteiger partial charge in [0, 0.05) is 6.04 Å². The molecule has 2 N–H and O–H groups in total.